The number of carbonyl (C=O) groups excluding carboxylic acids is 2. The minimum absolute atomic E-state index is 0.135. The van der Waals surface area contributed by atoms with Crippen molar-refractivity contribution in [1.82, 2.24) is 15.6 Å². The highest BCUT2D eigenvalue weighted by Crippen LogP contribution is 2.35. The summed E-state index contributed by atoms with van der Waals surface area (Å²) >= 11 is 1.19. The first-order chi connectivity index (χ1) is 14.5. The minimum atomic E-state index is -1.05. The number of aliphatic carboxylic acids is 1. The van der Waals surface area contributed by atoms with E-state index >= 15 is 0 Å². The number of hydrogen-bond acceptors (Lipinski definition) is 6. The molecule has 0 aliphatic carbocycles. The second-order valence-electron chi connectivity index (χ2n) is 7.77. The van der Waals surface area contributed by atoms with E-state index in [9.17, 15) is 14.4 Å². The van der Waals surface area contributed by atoms with Gasteiger partial charge in [0.25, 0.3) is 5.91 Å². The Morgan fingerprint density at radius 1 is 1.19 bits per heavy atom. The normalized spacial score (nSPS) is 12.0. The maximum Gasteiger partial charge on any atom is 0.305 e. The number of amides is 2. The topological polar surface area (TPSA) is 173 Å². The van der Waals surface area contributed by atoms with Crippen molar-refractivity contribution in [3.05, 3.63) is 46.5 Å². The van der Waals surface area contributed by atoms with Crippen molar-refractivity contribution in [2.24, 2.45) is 16.5 Å². The van der Waals surface area contributed by atoms with Crippen LogP contribution in [0.5, 0.6) is 0 Å². The van der Waals surface area contributed by atoms with E-state index in [0.29, 0.717) is 10.4 Å². The molecule has 0 bridgehead atoms. The van der Waals surface area contributed by atoms with Gasteiger partial charge in [-0.3, -0.25) is 14.4 Å². The fourth-order valence-corrected chi connectivity index (χ4v) is 3.74. The minimum Gasteiger partial charge on any atom is -0.481 e. The Balaban J connectivity index is 2.11. The van der Waals surface area contributed by atoms with Crippen LogP contribution in [0.3, 0.4) is 0 Å². The number of carbonyl (C=O) groups is 3. The maximum atomic E-state index is 12.7. The number of nitrogens with one attached hydrogen (secondary N) is 2. The second-order valence-corrected chi connectivity index (χ2v) is 8.75. The van der Waals surface area contributed by atoms with Crippen molar-refractivity contribution < 1.29 is 19.5 Å². The standard InChI is InChI=1S/C20H26N6O4S/c1-20(2,3)16-15(25-19(31-16)26-18(21)22)17(30)23-10-13(27)24-12(9-14(28)29)11-7-5-4-6-8-11/h4-8,12H,9-10H2,1-3H3,(H,23,30)(H,24,27)(H,28,29)(H4,21,22,25,26). The average Bonchev–Trinajstić information content (AvgIpc) is 3.09. The summed E-state index contributed by atoms with van der Waals surface area (Å²) in [5.41, 5.74) is 11.2. The lowest BCUT2D eigenvalue weighted by Crippen LogP contribution is -2.39. The van der Waals surface area contributed by atoms with E-state index in [1.807, 2.05) is 20.8 Å². The maximum absolute atomic E-state index is 12.7. The summed E-state index contributed by atoms with van der Waals surface area (Å²) in [5, 5.41) is 14.5. The van der Waals surface area contributed by atoms with Gasteiger partial charge in [0, 0.05) is 4.88 Å². The van der Waals surface area contributed by atoms with E-state index < -0.39 is 29.2 Å². The van der Waals surface area contributed by atoms with Gasteiger partial charge in [-0.05, 0) is 11.0 Å². The Morgan fingerprint density at radius 3 is 2.39 bits per heavy atom. The number of rotatable bonds is 8. The Hall–Kier alpha value is -3.47. The van der Waals surface area contributed by atoms with Gasteiger partial charge in [-0.15, -0.1) is 0 Å². The highest BCUT2D eigenvalue weighted by atomic mass is 32.1. The molecule has 0 spiro atoms. The number of aliphatic imine (C=N–C) groups is 1. The van der Waals surface area contributed by atoms with Crippen molar-refractivity contribution in [2.75, 3.05) is 6.54 Å². The fourth-order valence-electron chi connectivity index (χ4n) is 2.73. The molecule has 166 valence electrons. The Labute approximate surface area is 183 Å². The number of thiazole rings is 1. The molecule has 1 unspecified atom stereocenters. The van der Waals surface area contributed by atoms with E-state index in [2.05, 4.69) is 20.6 Å². The van der Waals surface area contributed by atoms with Gasteiger partial charge >= 0.3 is 5.97 Å². The van der Waals surface area contributed by atoms with E-state index in [-0.39, 0.29) is 29.8 Å². The number of carboxylic acids is 1. The third-order valence-corrected chi connectivity index (χ3v) is 5.44. The third kappa shape index (κ3) is 7.07. The highest BCUT2D eigenvalue weighted by molar-refractivity contribution is 7.15. The van der Waals surface area contributed by atoms with E-state index in [4.69, 9.17) is 16.6 Å². The summed E-state index contributed by atoms with van der Waals surface area (Å²) in [6, 6.07) is 8.03. The molecule has 1 atom stereocenters. The summed E-state index contributed by atoms with van der Waals surface area (Å²) in [7, 11) is 0. The summed E-state index contributed by atoms with van der Waals surface area (Å²) < 4.78 is 0. The largest absolute Gasteiger partial charge is 0.481 e. The molecule has 2 amide bonds. The van der Waals surface area contributed by atoms with Crippen LogP contribution in [0.25, 0.3) is 0 Å². The predicted octanol–water partition coefficient (Wildman–Crippen LogP) is 1.41. The number of aromatic nitrogens is 1. The molecule has 0 fully saturated rings. The fraction of sp³-hybridized carbons (Fsp3) is 0.350. The first-order valence-electron chi connectivity index (χ1n) is 9.42. The summed E-state index contributed by atoms with van der Waals surface area (Å²) in [6.45, 7) is 5.40. The molecule has 0 saturated carbocycles. The quantitative estimate of drug-likeness (QED) is 0.301. The summed E-state index contributed by atoms with van der Waals surface area (Å²) in [5.74, 6) is -2.31. The van der Waals surface area contributed by atoms with Gasteiger partial charge in [0.05, 0.1) is 19.0 Å². The second kappa shape index (κ2) is 10.0. The molecular weight excluding hydrogens is 420 g/mol. The number of carboxylic acid groups (broad SMARTS) is 1. The lowest BCUT2D eigenvalue weighted by molar-refractivity contribution is -0.137. The van der Waals surface area contributed by atoms with Crippen LogP contribution in [0.15, 0.2) is 35.3 Å². The molecule has 0 saturated heterocycles. The van der Waals surface area contributed by atoms with Crippen molar-refractivity contribution >= 4 is 40.2 Å². The van der Waals surface area contributed by atoms with Crippen molar-refractivity contribution in [1.29, 1.82) is 0 Å². The molecule has 7 N–H and O–H groups in total. The molecule has 1 aromatic carbocycles. The van der Waals surface area contributed by atoms with Crippen LogP contribution in [0.2, 0.25) is 0 Å². The van der Waals surface area contributed by atoms with Crippen LogP contribution in [-0.4, -0.2) is 40.4 Å². The molecule has 0 aliphatic heterocycles. The number of nitrogens with zero attached hydrogens (tertiary/aromatic N) is 2. The average molecular weight is 447 g/mol. The van der Waals surface area contributed by atoms with Gasteiger partial charge in [-0.1, -0.05) is 62.4 Å². The highest BCUT2D eigenvalue weighted by Gasteiger charge is 2.27. The molecular formula is C20H26N6O4S. The van der Waals surface area contributed by atoms with Crippen LogP contribution in [0, 0.1) is 0 Å². The molecule has 2 aromatic rings. The number of nitrogens with two attached hydrogens (primary N) is 2. The molecule has 2 rings (SSSR count). The van der Waals surface area contributed by atoms with Crippen LogP contribution in [-0.2, 0) is 15.0 Å². The van der Waals surface area contributed by atoms with Gasteiger partial charge in [-0.25, -0.2) is 4.98 Å². The molecule has 0 aliphatic rings. The number of hydrogen-bond donors (Lipinski definition) is 5. The molecule has 1 heterocycles. The van der Waals surface area contributed by atoms with Crippen molar-refractivity contribution in [2.45, 2.75) is 38.6 Å². The monoisotopic (exact) mass is 446 g/mol. The van der Waals surface area contributed by atoms with E-state index in [1.165, 1.54) is 11.3 Å². The van der Waals surface area contributed by atoms with E-state index in [1.54, 1.807) is 30.3 Å². The number of guanidine groups is 1. The predicted molar refractivity (Wildman–Crippen MR) is 118 cm³/mol. The summed E-state index contributed by atoms with van der Waals surface area (Å²) in [4.78, 5) is 45.0. The van der Waals surface area contributed by atoms with Crippen molar-refractivity contribution in [3.8, 4) is 0 Å². The molecule has 10 nitrogen and oxygen atoms in total. The van der Waals surface area contributed by atoms with Gasteiger partial charge in [0.2, 0.25) is 11.0 Å². The van der Waals surface area contributed by atoms with Crippen LogP contribution in [0.4, 0.5) is 5.13 Å². The van der Waals surface area contributed by atoms with Crippen LogP contribution in [0.1, 0.15) is 54.2 Å². The lowest BCUT2D eigenvalue weighted by Gasteiger charge is -2.18. The van der Waals surface area contributed by atoms with Gasteiger partial charge in [0.15, 0.2) is 5.96 Å². The first kappa shape index (κ1) is 23.8. The molecule has 11 heteroatoms. The Kier molecular flexibility index (Phi) is 7.70. The van der Waals surface area contributed by atoms with E-state index in [0.717, 1.165) is 0 Å². The molecule has 0 radical (unpaired) electrons. The third-order valence-electron chi connectivity index (χ3n) is 4.06. The van der Waals surface area contributed by atoms with Crippen LogP contribution >= 0.6 is 11.3 Å². The molecule has 31 heavy (non-hydrogen) atoms. The zero-order chi connectivity index (χ0) is 23.2. The summed E-state index contributed by atoms with van der Waals surface area (Å²) in [6.07, 6.45) is -0.286. The van der Waals surface area contributed by atoms with Crippen LogP contribution < -0.4 is 22.1 Å². The Bertz CT molecular complexity index is 977. The molecule has 1 aromatic heterocycles. The van der Waals surface area contributed by atoms with Crippen molar-refractivity contribution in [3.63, 3.8) is 0 Å². The zero-order valence-electron chi connectivity index (χ0n) is 17.5. The smallest absolute Gasteiger partial charge is 0.305 e. The first-order valence-corrected chi connectivity index (χ1v) is 10.2. The Morgan fingerprint density at radius 2 is 1.84 bits per heavy atom. The van der Waals surface area contributed by atoms with Gasteiger partial charge in [-0.2, -0.15) is 4.99 Å². The number of benzene rings is 1. The SMILES string of the molecule is CC(C)(C)c1sc(N=C(N)N)nc1C(=O)NCC(=O)NC(CC(=O)O)c1ccccc1. The lowest BCUT2D eigenvalue weighted by atomic mass is 9.93. The van der Waals surface area contributed by atoms with Gasteiger partial charge in [0.1, 0.15) is 5.69 Å². The van der Waals surface area contributed by atoms with Gasteiger partial charge < -0.3 is 27.2 Å². The zero-order valence-corrected chi connectivity index (χ0v) is 18.3.